The van der Waals surface area contributed by atoms with Gasteiger partial charge in [0.1, 0.15) is 23.0 Å². The fourth-order valence-electron chi connectivity index (χ4n) is 2.70. The van der Waals surface area contributed by atoms with Crippen molar-refractivity contribution >= 4 is 11.7 Å². The number of ether oxygens (including phenoxy) is 1. The molecule has 1 aliphatic carbocycles. The third-order valence-corrected chi connectivity index (χ3v) is 3.75. The zero-order valence-corrected chi connectivity index (χ0v) is 11.7. The molecular formula is C14H18FN3O3. The first-order valence-corrected chi connectivity index (χ1v) is 6.69. The number of nitrogens with zero attached hydrogens (tertiary/aromatic N) is 1. The third-order valence-electron chi connectivity index (χ3n) is 3.75. The first-order valence-electron chi connectivity index (χ1n) is 6.69. The smallest absolute Gasteiger partial charge is 0.258 e. The topological polar surface area (TPSA) is 96.9 Å². The van der Waals surface area contributed by atoms with Crippen molar-refractivity contribution in [2.24, 2.45) is 16.8 Å². The van der Waals surface area contributed by atoms with Gasteiger partial charge in [-0.2, -0.15) is 0 Å². The minimum Gasteiger partial charge on any atom is -0.496 e. The van der Waals surface area contributed by atoms with Crippen LogP contribution in [0.2, 0.25) is 0 Å². The Bertz CT molecular complexity index is 562. The highest BCUT2D eigenvalue weighted by atomic mass is 19.1. The molecule has 0 spiro atoms. The number of rotatable bonds is 4. The van der Waals surface area contributed by atoms with Crippen LogP contribution in [0.15, 0.2) is 23.4 Å². The number of nitrogens with two attached hydrogens (primary N) is 1. The van der Waals surface area contributed by atoms with Crippen LogP contribution in [0.3, 0.4) is 0 Å². The van der Waals surface area contributed by atoms with Gasteiger partial charge in [0, 0.05) is 12.0 Å². The number of hydrogen-bond acceptors (Lipinski definition) is 4. The molecule has 1 aliphatic rings. The zero-order chi connectivity index (χ0) is 15.4. The number of hydrogen-bond donors (Lipinski definition) is 3. The van der Waals surface area contributed by atoms with Crippen molar-refractivity contribution in [2.45, 2.75) is 25.3 Å². The van der Waals surface area contributed by atoms with E-state index < -0.39 is 11.7 Å². The van der Waals surface area contributed by atoms with Crippen LogP contribution in [-0.2, 0) is 0 Å². The van der Waals surface area contributed by atoms with Crippen molar-refractivity contribution in [2.75, 3.05) is 7.11 Å². The van der Waals surface area contributed by atoms with E-state index in [0.717, 1.165) is 12.8 Å². The Morgan fingerprint density at radius 2 is 2.29 bits per heavy atom. The molecule has 7 heteroatoms. The Hall–Kier alpha value is -2.31. The summed E-state index contributed by atoms with van der Waals surface area (Å²) in [4.78, 5) is 12.3. The summed E-state index contributed by atoms with van der Waals surface area (Å²) >= 11 is 0. The number of amides is 1. The number of carbonyl (C=O) groups excluding carboxylic acids is 1. The molecule has 21 heavy (non-hydrogen) atoms. The minimum atomic E-state index is -0.648. The molecule has 0 heterocycles. The zero-order valence-electron chi connectivity index (χ0n) is 11.7. The standard InChI is InChI=1S/C14H18FN3O3/c1-21-11-7-3-5-9(15)12(11)14(19)17-10-6-2-4-8(10)13(16)18-20/h3,5,7-8,10,20H,2,4,6H2,1H3,(H2,16,18)(H,17,19). The maximum atomic E-state index is 13.9. The van der Waals surface area contributed by atoms with E-state index in [4.69, 9.17) is 15.7 Å². The van der Waals surface area contributed by atoms with E-state index in [1.54, 1.807) is 0 Å². The Morgan fingerprint density at radius 1 is 1.52 bits per heavy atom. The van der Waals surface area contributed by atoms with Crippen LogP contribution in [-0.4, -0.2) is 30.1 Å². The van der Waals surface area contributed by atoms with Crippen molar-refractivity contribution in [3.8, 4) is 5.75 Å². The summed E-state index contributed by atoms with van der Waals surface area (Å²) in [6.07, 6.45) is 2.26. The molecule has 1 saturated carbocycles. The van der Waals surface area contributed by atoms with Crippen LogP contribution < -0.4 is 15.8 Å². The van der Waals surface area contributed by atoms with Gasteiger partial charge >= 0.3 is 0 Å². The Labute approximate surface area is 121 Å². The van der Waals surface area contributed by atoms with E-state index in [1.807, 2.05) is 0 Å². The maximum Gasteiger partial charge on any atom is 0.258 e. The number of methoxy groups -OCH3 is 1. The van der Waals surface area contributed by atoms with Crippen molar-refractivity contribution in [3.05, 3.63) is 29.6 Å². The van der Waals surface area contributed by atoms with E-state index in [1.165, 1.54) is 25.3 Å². The van der Waals surface area contributed by atoms with Crippen LogP contribution in [0.4, 0.5) is 4.39 Å². The molecule has 114 valence electrons. The molecule has 1 fully saturated rings. The molecule has 2 atom stereocenters. The number of halogens is 1. The molecule has 2 rings (SSSR count). The fourth-order valence-corrected chi connectivity index (χ4v) is 2.70. The van der Waals surface area contributed by atoms with E-state index >= 15 is 0 Å². The second-order valence-electron chi connectivity index (χ2n) is 4.96. The predicted molar refractivity (Wildman–Crippen MR) is 75.0 cm³/mol. The molecule has 1 aromatic rings. The Morgan fingerprint density at radius 3 is 2.95 bits per heavy atom. The van der Waals surface area contributed by atoms with Gasteiger partial charge in [-0.15, -0.1) is 0 Å². The monoisotopic (exact) mass is 295 g/mol. The molecule has 4 N–H and O–H groups in total. The molecule has 1 aromatic carbocycles. The Balaban J connectivity index is 2.19. The normalized spacial score (nSPS) is 22.1. The summed E-state index contributed by atoms with van der Waals surface area (Å²) in [7, 11) is 1.38. The summed E-state index contributed by atoms with van der Waals surface area (Å²) in [5, 5.41) is 14.5. The van der Waals surface area contributed by atoms with Gasteiger partial charge in [-0.25, -0.2) is 4.39 Å². The lowest BCUT2D eigenvalue weighted by atomic mass is 10.0. The highest BCUT2D eigenvalue weighted by Crippen LogP contribution is 2.27. The number of amidine groups is 1. The van der Waals surface area contributed by atoms with Crippen molar-refractivity contribution in [1.82, 2.24) is 5.32 Å². The van der Waals surface area contributed by atoms with Gasteiger partial charge in [0.25, 0.3) is 5.91 Å². The van der Waals surface area contributed by atoms with Crippen LogP contribution in [0.1, 0.15) is 29.6 Å². The molecule has 0 radical (unpaired) electrons. The lowest BCUT2D eigenvalue weighted by Crippen LogP contribution is -2.42. The van der Waals surface area contributed by atoms with E-state index in [2.05, 4.69) is 10.5 Å². The number of oxime groups is 1. The van der Waals surface area contributed by atoms with Gasteiger partial charge in [0.05, 0.1) is 7.11 Å². The minimum absolute atomic E-state index is 0.0818. The second-order valence-corrected chi connectivity index (χ2v) is 4.96. The van der Waals surface area contributed by atoms with Crippen LogP contribution >= 0.6 is 0 Å². The first kappa shape index (κ1) is 15.1. The summed E-state index contributed by atoms with van der Waals surface area (Å²) in [5.74, 6) is -1.20. The quantitative estimate of drug-likeness (QED) is 0.339. The van der Waals surface area contributed by atoms with E-state index in [-0.39, 0.29) is 29.1 Å². The lowest BCUT2D eigenvalue weighted by Gasteiger charge is -2.20. The Kier molecular flexibility index (Phi) is 4.62. The highest BCUT2D eigenvalue weighted by Gasteiger charge is 2.33. The summed E-state index contributed by atoms with van der Waals surface area (Å²) < 4.78 is 18.9. The van der Waals surface area contributed by atoms with Gasteiger partial charge in [0.2, 0.25) is 0 Å². The molecule has 2 unspecified atom stereocenters. The number of nitrogens with one attached hydrogen (secondary N) is 1. The lowest BCUT2D eigenvalue weighted by molar-refractivity contribution is 0.0926. The van der Waals surface area contributed by atoms with Gasteiger partial charge < -0.3 is 21.0 Å². The molecule has 1 amide bonds. The average Bonchev–Trinajstić information content (AvgIpc) is 2.93. The van der Waals surface area contributed by atoms with Gasteiger partial charge in [-0.3, -0.25) is 4.79 Å². The fraction of sp³-hybridized carbons (Fsp3) is 0.429. The molecule has 6 nitrogen and oxygen atoms in total. The molecule has 0 aliphatic heterocycles. The van der Waals surface area contributed by atoms with E-state index in [9.17, 15) is 9.18 Å². The summed E-state index contributed by atoms with van der Waals surface area (Å²) in [5.41, 5.74) is 5.48. The largest absolute Gasteiger partial charge is 0.496 e. The van der Waals surface area contributed by atoms with E-state index in [0.29, 0.717) is 6.42 Å². The van der Waals surface area contributed by atoms with Gasteiger partial charge in [-0.1, -0.05) is 17.6 Å². The first-order chi connectivity index (χ1) is 10.1. The molecule has 0 bridgehead atoms. The predicted octanol–water partition coefficient (Wildman–Crippen LogP) is 1.48. The van der Waals surface area contributed by atoms with Crippen molar-refractivity contribution < 1.29 is 19.1 Å². The highest BCUT2D eigenvalue weighted by molar-refractivity contribution is 5.98. The molecule has 0 aromatic heterocycles. The van der Waals surface area contributed by atoms with Gasteiger partial charge in [-0.05, 0) is 25.0 Å². The summed E-state index contributed by atoms with van der Waals surface area (Å²) in [6, 6.07) is 3.92. The van der Waals surface area contributed by atoms with Crippen LogP contribution in [0.5, 0.6) is 5.75 Å². The number of benzene rings is 1. The van der Waals surface area contributed by atoms with Crippen molar-refractivity contribution in [3.63, 3.8) is 0 Å². The SMILES string of the molecule is COc1cccc(F)c1C(=O)NC1CCCC1C(N)=NO. The van der Waals surface area contributed by atoms with Crippen LogP contribution in [0, 0.1) is 11.7 Å². The van der Waals surface area contributed by atoms with Crippen molar-refractivity contribution in [1.29, 1.82) is 0 Å². The second kappa shape index (κ2) is 6.43. The molecule has 0 saturated heterocycles. The maximum absolute atomic E-state index is 13.9. The van der Waals surface area contributed by atoms with Gasteiger partial charge in [0.15, 0.2) is 0 Å². The number of carbonyl (C=O) groups is 1. The van der Waals surface area contributed by atoms with Crippen LogP contribution in [0.25, 0.3) is 0 Å². The average molecular weight is 295 g/mol. The molecular weight excluding hydrogens is 277 g/mol. The summed E-state index contributed by atoms with van der Waals surface area (Å²) in [6.45, 7) is 0. The third kappa shape index (κ3) is 3.07.